The number of ether oxygens (including phenoxy) is 1. The van der Waals surface area contributed by atoms with Crippen molar-refractivity contribution in [1.82, 2.24) is 4.90 Å². The highest BCUT2D eigenvalue weighted by Crippen LogP contribution is 2.33. The van der Waals surface area contributed by atoms with E-state index in [1.165, 1.54) is 12.1 Å². The molecule has 1 amide bonds. The van der Waals surface area contributed by atoms with Gasteiger partial charge in [0.15, 0.2) is 6.10 Å². The maximum Gasteiger partial charge on any atom is 0.264 e. The lowest BCUT2D eigenvalue weighted by Crippen LogP contribution is -2.42. The van der Waals surface area contributed by atoms with Crippen molar-refractivity contribution in [3.63, 3.8) is 0 Å². The van der Waals surface area contributed by atoms with Crippen LogP contribution in [0.2, 0.25) is 0 Å². The maximum atomic E-state index is 12.5. The number of hydrogen-bond acceptors (Lipinski definition) is 4. The second kappa shape index (κ2) is 4.99. The normalized spacial score (nSPS) is 20.8. The number of carbonyl (C=O) groups is 1. The Kier molecular flexibility index (Phi) is 3.41. The van der Waals surface area contributed by atoms with Gasteiger partial charge in [-0.15, -0.1) is 0 Å². The van der Waals surface area contributed by atoms with Crippen molar-refractivity contribution in [2.45, 2.75) is 43.2 Å². The number of benzene rings is 1. The van der Waals surface area contributed by atoms with Gasteiger partial charge in [0, 0.05) is 19.0 Å². The lowest BCUT2D eigenvalue weighted by Gasteiger charge is -2.23. The third-order valence-electron chi connectivity index (χ3n) is 3.92. The van der Waals surface area contributed by atoms with Crippen LogP contribution in [0.15, 0.2) is 23.1 Å². The number of rotatable bonds is 4. The van der Waals surface area contributed by atoms with Gasteiger partial charge in [-0.2, -0.15) is 0 Å². The third kappa shape index (κ3) is 2.75. The zero-order chi connectivity index (χ0) is 15.2. The number of sulfonamides is 1. The molecule has 21 heavy (non-hydrogen) atoms. The van der Waals surface area contributed by atoms with Crippen LogP contribution in [-0.4, -0.2) is 37.9 Å². The van der Waals surface area contributed by atoms with Crippen LogP contribution in [0.5, 0.6) is 5.75 Å². The molecule has 0 bridgehead atoms. The molecular weight excluding hydrogens is 292 g/mol. The summed E-state index contributed by atoms with van der Waals surface area (Å²) in [5.74, 6) is 0.543. The number of carbonyl (C=O) groups excluding carboxylic acids is 1. The van der Waals surface area contributed by atoms with Crippen molar-refractivity contribution in [3.05, 3.63) is 23.8 Å². The van der Waals surface area contributed by atoms with Crippen molar-refractivity contribution < 1.29 is 17.9 Å². The molecule has 6 nitrogen and oxygen atoms in total. The minimum absolute atomic E-state index is 0.0200. The van der Waals surface area contributed by atoms with Gasteiger partial charge in [-0.3, -0.25) is 4.79 Å². The fourth-order valence-electron chi connectivity index (χ4n) is 2.70. The molecule has 1 atom stereocenters. The quantitative estimate of drug-likeness (QED) is 0.884. The van der Waals surface area contributed by atoms with Crippen molar-refractivity contribution in [2.75, 3.05) is 6.54 Å². The monoisotopic (exact) mass is 310 g/mol. The van der Waals surface area contributed by atoms with E-state index in [1.54, 1.807) is 6.07 Å². The summed E-state index contributed by atoms with van der Waals surface area (Å²) < 4.78 is 28.4. The van der Waals surface area contributed by atoms with Crippen LogP contribution >= 0.6 is 0 Å². The highest BCUT2D eigenvalue weighted by molar-refractivity contribution is 7.89. The van der Waals surface area contributed by atoms with E-state index >= 15 is 0 Å². The van der Waals surface area contributed by atoms with E-state index < -0.39 is 16.1 Å². The standard InChI is InChI=1S/C14H18N2O4S/c1-2-16(10-3-4-10)14(17)13-8-9-7-11(21(15,18)19)5-6-12(9)20-13/h5-7,10,13H,2-4,8H2,1H3,(H2,15,18,19). The number of nitrogens with zero attached hydrogens (tertiary/aromatic N) is 1. The van der Waals surface area contributed by atoms with E-state index in [1.807, 2.05) is 11.8 Å². The first-order valence-electron chi connectivity index (χ1n) is 7.03. The van der Waals surface area contributed by atoms with E-state index in [4.69, 9.17) is 9.88 Å². The molecule has 1 unspecified atom stereocenters. The molecule has 1 aliphatic carbocycles. The number of amides is 1. The van der Waals surface area contributed by atoms with E-state index in [0.717, 1.165) is 12.8 Å². The van der Waals surface area contributed by atoms with Crippen LogP contribution in [0.4, 0.5) is 0 Å². The summed E-state index contributed by atoms with van der Waals surface area (Å²) >= 11 is 0. The summed E-state index contributed by atoms with van der Waals surface area (Å²) in [5, 5.41) is 5.12. The molecule has 0 radical (unpaired) electrons. The molecule has 2 N–H and O–H groups in total. The number of likely N-dealkylation sites (N-methyl/N-ethyl adjacent to an activating group) is 1. The van der Waals surface area contributed by atoms with E-state index in [-0.39, 0.29) is 10.8 Å². The van der Waals surface area contributed by atoms with Gasteiger partial charge in [0.2, 0.25) is 10.0 Å². The summed E-state index contributed by atoms with van der Waals surface area (Å²) in [6, 6.07) is 4.80. The Morgan fingerprint density at radius 3 is 2.71 bits per heavy atom. The Bertz CT molecular complexity index is 682. The average molecular weight is 310 g/mol. The minimum Gasteiger partial charge on any atom is -0.480 e. The van der Waals surface area contributed by atoms with E-state index in [9.17, 15) is 13.2 Å². The SMILES string of the molecule is CCN(C(=O)C1Cc2cc(S(N)(=O)=O)ccc2O1)C1CC1. The zero-order valence-corrected chi connectivity index (χ0v) is 12.6. The molecule has 1 aromatic carbocycles. The predicted octanol–water partition coefficient (Wildman–Crippen LogP) is 0.648. The number of primary sulfonamides is 1. The topological polar surface area (TPSA) is 89.7 Å². The van der Waals surface area contributed by atoms with Gasteiger partial charge in [0.05, 0.1) is 4.90 Å². The fraction of sp³-hybridized carbons (Fsp3) is 0.500. The number of fused-ring (bicyclic) bond motifs is 1. The highest BCUT2D eigenvalue weighted by Gasteiger charge is 2.38. The molecule has 1 heterocycles. The van der Waals surface area contributed by atoms with Crippen LogP contribution in [-0.2, 0) is 21.2 Å². The first-order chi connectivity index (χ1) is 9.90. The maximum absolute atomic E-state index is 12.5. The third-order valence-corrected chi connectivity index (χ3v) is 4.83. The van der Waals surface area contributed by atoms with Crippen molar-refractivity contribution >= 4 is 15.9 Å². The van der Waals surface area contributed by atoms with Crippen LogP contribution in [0.25, 0.3) is 0 Å². The van der Waals surface area contributed by atoms with Gasteiger partial charge in [-0.1, -0.05) is 0 Å². The van der Waals surface area contributed by atoms with Crippen LogP contribution < -0.4 is 9.88 Å². The Labute approximate surface area is 123 Å². The predicted molar refractivity (Wildman–Crippen MR) is 76.3 cm³/mol. The van der Waals surface area contributed by atoms with Gasteiger partial charge < -0.3 is 9.64 Å². The highest BCUT2D eigenvalue weighted by atomic mass is 32.2. The molecule has 1 aliphatic heterocycles. The van der Waals surface area contributed by atoms with Crippen LogP contribution in [0, 0.1) is 0 Å². The van der Waals surface area contributed by atoms with E-state index in [2.05, 4.69) is 0 Å². The number of hydrogen-bond donors (Lipinski definition) is 1. The molecule has 0 aromatic heterocycles. The smallest absolute Gasteiger partial charge is 0.264 e. The first kappa shape index (κ1) is 14.3. The molecule has 3 rings (SSSR count). The molecule has 1 fully saturated rings. The second-order valence-corrected chi connectivity index (χ2v) is 7.04. The van der Waals surface area contributed by atoms with Crippen molar-refractivity contribution in [2.24, 2.45) is 5.14 Å². The van der Waals surface area contributed by atoms with Crippen LogP contribution in [0.3, 0.4) is 0 Å². The Balaban J connectivity index is 1.79. The van der Waals surface area contributed by atoms with Gasteiger partial charge in [-0.05, 0) is 43.5 Å². The Morgan fingerprint density at radius 2 is 2.14 bits per heavy atom. The molecule has 0 saturated heterocycles. The molecule has 114 valence electrons. The van der Waals surface area contributed by atoms with E-state index in [0.29, 0.717) is 30.3 Å². The van der Waals surface area contributed by atoms with Gasteiger partial charge >= 0.3 is 0 Å². The molecule has 0 spiro atoms. The van der Waals surface area contributed by atoms with Crippen molar-refractivity contribution in [3.8, 4) is 5.75 Å². The Morgan fingerprint density at radius 1 is 1.43 bits per heavy atom. The summed E-state index contributed by atoms with van der Waals surface area (Å²) in [6.45, 7) is 2.62. The average Bonchev–Trinajstić information content (AvgIpc) is 3.16. The van der Waals surface area contributed by atoms with Crippen molar-refractivity contribution in [1.29, 1.82) is 0 Å². The van der Waals surface area contributed by atoms with Gasteiger partial charge in [0.25, 0.3) is 5.91 Å². The first-order valence-corrected chi connectivity index (χ1v) is 8.57. The molecular formula is C14H18N2O4S. The largest absolute Gasteiger partial charge is 0.480 e. The summed E-state index contributed by atoms with van der Waals surface area (Å²) in [6.07, 6.45) is 1.93. The molecule has 2 aliphatic rings. The lowest BCUT2D eigenvalue weighted by atomic mass is 10.1. The van der Waals surface area contributed by atoms with Gasteiger partial charge in [0.1, 0.15) is 5.75 Å². The molecule has 1 saturated carbocycles. The minimum atomic E-state index is -3.74. The summed E-state index contributed by atoms with van der Waals surface area (Å²) in [5.41, 5.74) is 0.715. The Hall–Kier alpha value is -1.60. The van der Waals surface area contributed by atoms with Crippen LogP contribution in [0.1, 0.15) is 25.3 Å². The number of nitrogens with two attached hydrogens (primary N) is 1. The molecule has 7 heteroatoms. The summed E-state index contributed by atoms with van der Waals surface area (Å²) in [7, 11) is -3.74. The summed E-state index contributed by atoms with van der Waals surface area (Å²) in [4.78, 5) is 14.4. The fourth-order valence-corrected chi connectivity index (χ4v) is 3.27. The van der Waals surface area contributed by atoms with Gasteiger partial charge in [-0.25, -0.2) is 13.6 Å². The molecule has 1 aromatic rings. The second-order valence-electron chi connectivity index (χ2n) is 5.48. The zero-order valence-electron chi connectivity index (χ0n) is 11.8. The lowest BCUT2D eigenvalue weighted by molar-refractivity contribution is -0.138.